The quantitative estimate of drug-likeness (QED) is 0.161. The zero-order valence-corrected chi connectivity index (χ0v) is 39.0. The molecule has 0 unspecified atom stereocenters. The predicted molar refractivity (Wildman–Crippen MR) is 293 cm³/mol. The van der Waals surface area contributed by atoms with Gasteiger partial charge >= 0.3 is 0 Å². The monoisotopic (exact) mass is 905 g/mol. The SMILES string of the molecule is c1ccc(C2(c3ccccc3)c3ccccc3-c3cc(N(c4ccc(-c5cccc6c5sc5ccccc56)cc4)c4cccc5c4-c4ccccc4C54c5ccccc5-c5ccccc54)ccc32)cc1. The van der Waals surface area contributed by atoms with Crippen LogP contribution in [-0.4, -0.2) is 0 Å². The summed E-state index contributed by atoms with van der Waals surface area (Å²) in [5, 5.41) is 2.63. The lowest BCUT2D eigenvalue weighted by Gasteiger charge is -2.34. The Balaban J connectivity index is 0.989. The summed E-state index contributed by atoms with van der Waals surface area (Å²) < 4.78 is 2.64. The van der Waals surface area contributed by atoms with Gasteiger partial charge in [0.05, 0.1) is 16.5 Å². The highest BCUT2D eigenvalue weighted by molar-refractivity contribution is 7.26. The van der Waals surface area contributed by atoms with Crippen LogP contribution in [0.3, 0.4) is 0 Å². The second kappa shape index (κ2) is 15.0. The molecule has 1 nitrogen and oxygen atoms in total. The summed E-state index contributed by atoms with van der Waals surface area (Å²) in [5.41, 5.74) is 23.1. The largest absolute Gasteiger partial charge is 0.310 e. The van der Waals surface area contributed by atoms with Crippen molar-refractivity contribution in [3.05, 3.63) is 305 Å². The zero-order valence-electron chi connectivity index (χ0n) is 38.2. The third-order valence-electron chi connectivity index (χ3n) is 15.8. The summed E-state index contributed by atoms with van der Waals surface area (Å²) in [4.78, 5) is 2.54. The van der Waals surface area contributed by atoms with Crippen LogP contribution in [0.2, 0.25) is 0 Å². The molecule has 1 spiro atoms. The van der Waals surface area contributed by atoms with Crippen molar-refractivity contribution in [2.24, 2.45) is 0 Å². The first-order chi connectivity index (χ1) is 34.7. The van der Waals surface area contributed by atoms with E-state index in [4.69, 9.17) is 0 Å². The number of hydrogen-bond acceptors (Lipinski definition) is 2. The average Bonchev–Trinajstić information content (AvgIpc) is 4.15. The topological polar surface area (TPSA) is 3.24 Å². The molecule has 0 atom stereocenters. The minimum Gasteiger partial charge on any atom is -0.310 e. The van der Waals surface area contributed by atoms with Crippen molar-refractivity contribution in [1.29, 1.82) is 0 Å². The first-order valence-corrected chi connectivity index (χ1v) is 25.2. The Labute approximate surface area is 411 Å². The van der Waals surface area contributed by atoms with E-state index in [1.54, 1.807) is 0 Å². The van der Waals surface area contributed by atoms with Crippen molar-refractivity contribution in [3.63, 3.8) is 0 Å². The smallest absolute Gasteiger partial charge is 0.0726 e. The Morgan fingerprint density at radius 1 is 0.300 bits per heavy atom. The molecule has 70 heavy (non-hydrogen) atoms. The van der Waals surface area contributed by atoms with Crippen LogP contribution < -0.4 is 4.90 Å². The molecule has 0 aliphatic heterocycles. The fourth-order valence-electron chi connectivity index (χ4n) is 13.1. The summed E-state index contributed by atoms with van der Waals surface area (Å²) in [7, 11) is 0. The highest BCUT2D eigenvalue weighted by atomic mass is 32.1. The molecular formula is C68H43NS. The normalized spacial score (nSPS) is 13.9. The van der Waals surface area contributed by atoms with Crippen LogP contribution in [0.1, 0.15) is 44.5 Å². The third kappa shape index (κ3) is 5.21. The molecule has 0 N–H and O–H groups in total. The van der Waals surface area contributed by atoms with Crippen LogP contribution in [0.25, 0.3) is 64.7 Å². The molecule has 3 aliphatic carbocycles. The Kier molecular flexibility index (Phi) is 8.43. The van der Waals surface area contributed by atoms with E-state index < -0.39 is 10.8 Å². The van der Waals surface area contributed by atoms with Gasteiger partial charge in [0.15, 0.2) is 0 Å². The van der Waals surface area contributed by atoms with Gasteiger partial charge < -0.3 is 4.90 Å². The van der Waals surface area contributed by atoms with E-state index in [1.165, 1.54) is 109 Å². The number of anilines is 3. The van der Waals surface area contributed by atoms with E-state index in [2.05, 4.69) is 266 Å². The van der Waals surface area contributed by atoms with E-state index in [9.17, 15) is 0 Å². The summed E-state index contributed by atoms with van der Waals surface area (Å²) in [5.74, 6) is 0. The first kappa shape index (κ1) is 39.4. The maximum Gasteiger partial charge on any atom is 0.0726 e. The van der Waals surface area contributed by atoms with Crippen molar-refractivity contribution < 1.29 is 0 Å². The van der Waals surface area contributed by atoms with Crippen LogP contribution in [0.4, 0.5) is 17.1 Å². The molecule has 2 heteroatoms. The highest BCUT2D eigenvalue weighted by Crippen LogP contribution is 2.65. The van der Waals surface area contributed by atoms with Gasteiger partial charge in [0.2, 0.25) is 0 Å². The van der Waals surface area contributed by atoms with E-state index in [1.807, 2.05) is 11.3 Å². The van der Waals surface area contributed by atoms with Gasteiger partial charge in [-0.15, -0.1) is 11.3 Å². The number of benzene rings is 11. The number of fused-ring (bicyclic) bond motifs is 16. The molecule has 1 aromatic heterocycles. The number of rotatable bonds is 6. The van der Waals surface area contributed by atoms with E-state index >= 15 is 0 Å². The predicted octanol–water partition coefficient (Wildman–Crippen LogP) is 17.9. The molecule has 0 saturated carbocycles. The summed E-state index contributed by atoms with van der Waals surface area (Å²) >= 11 is 1.89. The summed E-state index contributed by atoms with van der Waals surface area (Å²) in [6.07, 6.45) is 0. The molecular weight excluding hydrogens is 863 g/mol. The average molecular weight is 906 g/mol. The molecule has 0 amide bonds. The second-order valence-electron chi connectivity index (χ2n) is 19.0. The molecule has 0 fully saturated rings. The Hall–Kier alpha value is -8.56. The van der Waals surface area contributed by atoms with Gasteiger partial charge in [-0.05, 0) is 120 Å². The zero-order chi connectivity index (χ0) is 46.0. The fraction of sp³-hybridized carbons (Fsp3) is 0.0294. The van der Waals surface area contributed by atoms with Crippen molar-refractivity contribution in [2.45, 2.75) is 10.8 Å². The van der Waals surface area contributed by atoms with Crippen LogP contribution in [0, 0.1) is 0 Å². The van der Waals surface area contributed by atoms with Crippen LogP contribution >= 0.6 is 11.3 Å². The van der Waals surface area contributed by atoms with E-state index in [0.717, 1.165) is 17.1 Å². The third-order valence-corrected chi connectivity index (χ3v) is 17.0. The highest BCUT2D eigenvalue weighted by Gasteiger charge is 2.52. The molecule has 15 rings (SSSR count). The fourth-order valence-corrected chi connectivity index (χ4v) is 14.3. The van der Waals surface area contributed by atoms with Crippen LogP contribution in [0.5, 0.6) is 0 Å². The number of hydrogen-bond donors (Lipinski definition) is 0. The van der Waals surface area contributed by atoms with Crippen molar-refractivity contribution >= 4 is 48.6 Å². The first-order valence-electron chi connectivity index (χ1n) is 24.3. The Morgan fingerprint density at radius 3 is 1.44 bits per heavy atom. The number of thiophene rings is 1. The van der Waals surface area contributed by atoms with Gasteiger partial charge in [0, 0.05) is 37.1 Å². The van der Waals surface area contributed by atoms with E-state index in [0.29, 0.717) is 0 Å². The Morgan fingerprint density at radius 2 is 0.771 bits per heavy atom. The van der Waals surface area contributed by atoms with Crippen LogP contribution in [0.15, 0.2) is 261 Å². The van der Waals surface area contributed by atoms with Crippen molar-refractivity contribution in [3.8, 4) is 44.5 Å². The minimum absolute atomic E-state index is 0.463. The van der Waals surface area contributed by atoms with Gasteiger partial charge in [-0.3, -0.25) is 0 Å². The Bertz CT molecular complexity index is 3980. The lowest BCUT2D eigenvalue weighted by Crippen LogP contribution is -2.28. The van der Waals surface area contributed by atoms with Gasteiger partial charge in [0.25, 0.3) is 0 Å². The van der Waals surface area contributed by atoms with Crippen molar-refractivity contribution in [2.75, 3.05) is 4.90 Å². The van der Waals surface area contributed by atoms with Crippen molar-refractivity contribution in [1.82, 2.24) is 0 Å². The van der Waals surface area contributed by atoms with Gasteiger partial charge in [0.1, 0.15) is 0 Å². The van der Waals surface area contributed by atoms with E-state index in [-0.39, 0.29) is 0 Å². The van der Waals surface area contributed by atoms with Gasteiger partial charge in [-0.2, -0.15) is 0 Å². The standard InChI is InChI=1S/C68H43NS/c1-3-19-45(20-4-1)67(46-21-5-2-6-22-46)57-30-12-9-25-52(57)56-43-48(41-42-61(56)67)69(47-39-37-44(38-40-47)49-28-17-29-54-53-26-11-16-36-64(53)70-66(49)54)63-35-18-34-62-65(63)55-27-10-15-33-60(55)68(62)58-31-13-7-23-50(58)51-24-8-14-32-59(51)68/h1-43H. The molecule has 0 radical (unpaired) electrons. The molecule has 0 saturated heterocycles. The molecule has 0 bridgehead atoms. The molecule has 11 aromatic carbocycles. The molecule has 12 aromatic rings. The lowest BCUT2D eigenvalue weighted by atomic mass is 9.68. The summed E-state index contributed by atoms with van der Waals surface area (Å²) in [6.45, 7) is 0. The number of nitrogens with zero attached hydrogens (tertiary/aromatic N) is 1. The summed E-state index contributed by atoms with van der Waals surface area (Å²) in [6, 6.07) is 97.9. The molecule has 3 aliphatic rings. The minimum atomic E-state index is -0.490. The molecule has 326 valence electrons. The molecule has 1 heterocycles. The van der Waals surface area contributed by atoms with Gasteiger partial charge in [-0.1, -0.05) is 224 Å². The second-order valence-corrected chi connectivity index (χ2v) is 20.1. The maximum atomic E-state index is 2.54. The van der Waals surface area contributed by atoms with Gasteiger partial charge in [-0.25, -0.2) is 0 Å². The van der Waals surface area contributed by atoms with Crippen LogP contribution in [-0.2, 0) is 10.8 Å². The maximum absolute atomic E-state index is 2.54. The lowest BCUT2D eigenvalue weighted by molar-refractivity contribution is 0.768.